The minimum Gasteiger partial charge on any atom is -0.326 e. The van der Waals surface area contributed by atoms with Crippen molar-refractivity contribution >= 4 is 23.2 Å². The van der Waals surface area contributed by atoms with Crippen LogP contribution < -0.4 is 5.32 Å². The molecule has 2 aromatic rings. The van der Waals surface area contributed by atoms with Crippen molar-refractivity contribution in [1.82, 2.24) is 9.80 Å². The first-order valence-corrected chi connectivity index (χ1v) is 9.11. The lowest BCUT2D eigenvalue weighted by molar-refractivity contribution is -0.116. The number of nitrogens with one attached hydrogen (secondary N) is 1. The molecule has 0 unspecified atom stereocenters. The summed E-state index contributed by atoms with van der Waals surface area (Å²) in [6.07, 6.45) is 0.515. The summed E-state index contributed by atoms with van der Waals surface area (Å²) >= 11 is 5.85. The highest BCUT2D eigenvalue weighted by Crippen LogP contribution is 2.14. The number of hydrogen-bond acceptors (Lipinski definition) is 3. The van der Waals surface area contributed by atoms with E-state index < -0.39 is 0 Å². The van der Waals surface area contributed by atoms with Gasteiger partial charge in [0.15, 0.2) is 0 Å². The molecule has 132 valence electrons. The van der Waals surface area contributed by atoms with Crippen molar-refractivity contribution in [3.63, 3.8) is 0 Å². The third-order valence-corrected chi connectivity index (χ3v) is 4.75. The van der Waals surface area contributed by atoms with Gasteiger partial charge < -0.3 is 10.2 Å². The maximum absolute atomic E-state index is 12.1. The molecule has 0 bridgehead atoms. The smallest absolute Gasteiger partial charge is 0.225 e. The molecular formula is C20H24ClN3O. The molecule has 0 aliphatic carbocycles. The van der Waals surface area contributed by atoms with Gasteiger partial charge >= 0.3 is 0 Å². The van der Waals surface area contributed by atoms with Crippen LogP contribution in [0.1, 0.15) is 12.0 Å². The van der Waals surface area contributed by atoms with Crippen LogP contribution in [-0.4, -0.2) is 48.4 Å². The molecule has 5 heteroatoms. The first-order chi connectivity index (χ1) is 12.2. The number of carbonyl (C=O) groups is 1. The number of carbonyl (C=O) groups excluding carboxylic acids is 1. The van der Waals surface area contributed by atoms with Gasteiger partial charge in [0, 0.05) is 56.4 Å². The summed E-state index contributed by atoms with van der Waals surface area (Å²) in [7, 11) is 0. The van der Waals surface area contributed by atoms with Crippen molar-refractivity contribution in [2.24, 2.45) is 0 Å². The molecule has 3 rings (SSSR count). The molecule has 1 saturated heterocycles. The second kappa shape index (κ2) is 8.99. The van der Waals surface area contributed by atoms with Crippen LogP contribution in [0.25, 0.3) is 0 Å². The molecule has 1 aliphatic heterocycles. The maximum Gasteiger partial charge on any atom is 0.225 e. The SMILES string of the molecule is O=C(CCN1CCN(Cc2ccccc2)CC1)Nc1ccc(Cl)cc1. The van der Waals surface area contributed by atoms with Gasteiger partial charge in [-0.25, -0.2) is 0 Å². The number of nitrogens with zero attached hydrogens (tertiary/aromatic N) is 2. The lowest BCUT2D eigenvalue weighted by Gasteiger charge is -2.34. The predicted molar refractivity (Wildman–Crippen MR) is 103 cm³/mol. The Morgan fingerprint density at radius 2 is 1.56 bits per heavy atom. The van der Waals surface area contributed by atoms with E-state index in [9.17, 15) is 4.79 Å². The van der Waals surface area contributed by atoms with Crippen molar-refractivity contribution < 1.29 is 4.79 Å². The van der Waals surface area contributed by atoms with E-state index in [1.807, 2.05) is 12.1 Å². The Kier molecular flexibility index (Phi) is 6.45. The Labute approximate surface area is 154 Å². The Balaban J connectivity index is 1.36. The normalized spacial score (nSPS) is 15.9. The van der Waals surface area contributed by atoms with Gasteiger partial charge in [-0.1, -0.05) is 41.9 Å². The van der Waals surface area contributed by atoms with E-state index in [0.29, 0.717) is 11.4 Å². The van der Waals surface area contributed by atoms with Crippen LogP contribution in [0.15, 0.2) is 54.6 Å². The Hall–Kier alpha value is -1.88. The average molecular weight is 358 g/mol. The molecule has 1 fully saturated rings. The molecule has 0 radical (unpaired) electrons. The minimum atomic E-state index is 0.0500. The monoisotopic (exact) mass is 357 g/mol. The zero-order valence-corrected chi connectivity index (χ0v) is 15.1. The molecule has 4 nitrogen and oxygen atoms in total. The van der Waals surface area contributed by atoms with E-state index in [0.717, 1.165) is 45.0 Å². The van der Waals surface area contributed by atoms with Gasteiger partial charge in [-0.15, -0.1) is 0 Å². The third kappa shape index (κ3) is 5.85. The molecule has 0 aromatic heterocycles. The molecule has 2 aromatic carbocycles. The van der Waals surface area contributed by atoms with Crippen LogP contribution in [0.5, 0.6) is 0 Å². The molecule has 0 atom stereocenters. The zero-order chi connectivity index (χ0) is 17.5. The van der Waals surface area contributed by atoms with Crippen molar-refractivity contribution in [2.75, 3.05) is 38.0 Å². The second-order valence-corrected chi connectivity index (χ2v) is 6.84. The molecule has 0 spiro atoms. The largest absolute Gasteiger partial charge is 0.326 e. The van der Waals surface area contributed by atoms with E-state index in [1.54, 1.807) is 12.1 Å². The van der Waals surface area contributed by atoms with Crippen LogP contribution in [0.4, 0.5) is 5.69 Å². The molecule has 25 heavy (non-hydrogen) atoms. The zero-order valence-electron chi connectivity index (χ0n) is 14.3. The fraction of sp³-hybridized carbons (Fsp3) is 0.350. The van der Waals surface area contributed by atoms with Gasteiger partial charge in [-0.05, 0) is 29.8 Å². The first kappa shape index (κ1) is 17.9. The van der Waals surface area contributed by atoms with Gasteiger partial charge in [0.25, 0.3) is 0 Å². The van der Waals surface area contributed by atoms with E-state index >= 15 is 0 Å². The van der Waals surface area contributed by atoms with E-state index in [-0.39, 0.29) is 5.91 Å². The van der Waals surface area contributed by atoms with E-state index in [2.05, 4.69) is 45.4 Å². The number of piperazine rings is 1. The van der Waals surface area contributed by atoms with E-state index in [4.69, 9.17) is 11.6 Å². The highest BCUT2D eigenvalue weighted by Gasteiger charge is 2.17. The van der Waals surface area contributed by atoms with Crippen molar-refractivity contribution in [2.45, 2.75) is 13.0 Å². The van der Waals surface area contributed by atoms with E-state index in [1.165, 1.54) is 5.56 Å². The summed E-state index contributed by atoms with van der Waals surface area (Å²) in [5.74, 6) is 0.0500. The standard InChI is InChI=1S/C20H24ClN3O/c21-18-6-8-19(9-7-18)22-20(25)10-11-23-12-14-24(15-13-23)16-17-4-2-1-3-5-17/h1-9H,10-16H2,(H,22,25). The predicted octanol–water partition coefficient (Wildman–Crippen LogP) is 3.49. The van der Waals surface area contributed by atoms with Crippen LogP contribution >= 0.6 is 11.6 Å². The first-order valence-electron chi connectivity index (χ1n) is 8.73. The summed E-state index contributed by atoms with van der Waals surface area (Å²) in [4.78, 5) is 16.9. The van der Waals surface area contributed by atoms with Crippen LogP contribution in [0, 0.1) is 0 Å². The van der Waals surface area contributed by atoms with Crippen molar-refractivity contribution in [1.29, 1.82) is 0 Å². The Bertz CT molecular complexity index is 667. The van der Waals surface area contributed by atoms with Gasteiger partial charge in [-0.2, -0.15) is 0 Å². The summed E-state index contributed by atoms with van der Waals surface area (Å²) in [5.41, 5.74) is 2.15. The number of halogens is 1. The number of benzene rings is 2. The minimum absolute atomic E-state index is 0.0500. The van der Waals surface area contributed by atoms with Gasteiger partial charge in [0.05, 0.1) is 0 Å². The summed E-state index contributed by atoms with van der Waals surface area (Å²) in [6.45, 7) is 5.94. The second-order valence-electron chi connectivity index (χ2n) is 6.41. The summed E-state index contributed by atoms with van der Waals surface area (Å²) < 4.78 is 0. The summed E-state index contributed by atoms with van der Waals surface area (Å²) in [6, 6.07) is 17.8. The third-order valence-electron chi connectivity index (χ3n) is 4.50. The number of rotatable bonds is 6. The summed E-state index contributed by atoms with van der Waals surface area (Å²) in [5, 5.41) is 3.59. The molecule has 1 N–H and O–H groups in total. The lowest BCUT2D eigenvalue weighted by Crippen LogP contribution is -2.46. The molecular weight excluding hydrogens is 334 g/mol. The Morgan fingerprint density at radius 1 is 0.920 bits per heavy atom. The van der Waals surface area contributed by atoms with Crippen LogP contribution in [-0.2, 0) is 11.3 Å². The highest BCUT2D eigenvalue weighted by atomic mass is 35.5. The van der Waals surface area contributed by atoms with Crippen LogP contribution in [0.3, 0.4) is 0 Å². The topological polar surface area (TPSA) is 35.6 Å². The van der Waals surface area contributed by atoms with Gasteiger partial charge in [-0.3, -0.25) is 9.69 Å². The lowest BCUT2D eigenvalue weighted by atomic mass is 10.2. The molecule has 0 saturated carbocycles. The fourth-order valence-electron chi connectivity index (χ4n) is 3.03. The van der Waals surface area contributed by atoms with Gasteiger partial charge in [0.2, 0.25) is 5.91 Å². The molecule has 1 amide bonds. The number of anilines is 1. The number of hydrogen-bond donors (Lipinski definition) is 1. The molecule has 1 heterocycles. The van der Waals surface area contributed by atoms with Crippen molar-refractivity contribution in [3.05, 3.63) is 65.2 Å². The van der Waals surface area contributed by atoms with Crippen LogP contribution in [0.2, 0.25) is 5.02 Å². The fourth-order valence-corrected chi connectivity index (χ4v) is 3.15. The highest BCUT2D eigenvalue weighted by molar-refractivity contribution is 6.30. The maximum atomic E-state index is 12.1. The van der Waals surface area contributed by atoms with Crippen molar-refractivity contribution in [3.8, 4) is 0 Å². The van der Waals surface area contributed by atoms with Gasteiger partial charge in [0.1, 0.15) is 0 Å². The number of amides is 1. The molecule has 1 aliphatic rings. The Morgan fingerprint density at radius 3 is 2.24 bits per heavy atom. The average Bonchev–Trinajstić information content (AvgIpc) is 2.64. The quantitative estimate of drug-likeness (QED) is 0.859.